The quantitative estimate of drug-likeness (QED) is 0.371. The predicted molar refractivity (Wildman–Crippen MR) is 119 cm³/mol. The van der Waals surface area contributed by atoms with Gasteiger partial charge in [-0.25, -0.2) is 0 Å². The molecule has 1 atom stereocenters. The molecule has 0 bridgehead atoms. The lowest BCUT2D eigenvalue weighted by atomic mass is 10.1. The molecule has 14 heteroatoms. The van der Waals surface area contributed by atoms with Crippen LogP contribution in [0.2, 0.25) is 0 Å². The van der Waals surface area contributed by atoms with Gasteiger partial charge in [0.1, 0.15) is 18.3 Å². The summed E-state index contributed by atoms with van der Waals surface area (Å²) in [5.41, 5.74) is 0.796. The van der Waals surface area contributed by atoms with Gasteiger partial charge in [0.15, 0.2) is 18.1 Å². The monoisotopic (exact) mass is 521 g/mol. The fourth-order valence-corrected chi connectivity index (χ4v) is 4.00. The van der Waals surface area contributed by atoms with Crippen LogP contribution in [-0.2, 0) is 23.2 Å². The molecule has 1 aliphatic rings. The van der Waals surface area contributed by atoms with E-state index in [1.54, 1.807) is 30.3 Å². The summed E-state index contributed by atoms with van der Waals surface area (Å²) in [5.74, 6) is -2.24. The average molecular weight is 521 g/mol. The number of anilines is 2. The Hall–Kier alpha value is -4.20. The maximum Gasteiger partial charge on any atom is 0.573 e. The fraction of sp³-hybridized carbons (Fsp3) is 0.227. The Morgan fingerprint density at radius 2 is 1.89 bits per heavy atom. The third-order valence-electron chi connectivity index (χ3n) is 5.28. The minimum absolute atomic E-state index is 0.0817. The molecule has 36 heavy (non-hydrogen) atoms. The van der Waals surface area contributed by atoms with Crippen LogP contribution in [-0.4, -0.2) is 39.5 Å². The van der Waals surface area contributed by atoms with Crippen LogP contribution in [0.5, 0.6) is 11.7 Å². The number of benzene rings is 2. The van der Waals surface area contributed by atoms with Crippen molar-refractivity contribution in [1.29, 1.82) is 0 Å². The Bertz CT molecular complexity index is 1260. The Morgan fingerprint density at radius 1 is 1.22 bits per heavy atom. The van der Waals surface area contributed by atoms with E-state index in [0.29, 0.717) is 5.69 Å². The number of aromatic nitrogens is 2. The van der Waals surface area contributed by atoms with Gasteiger partial charge < -0.3 is 24.6 Å². The largest absolute Gasteiger partial charge is 0.573 e. The van der Waals surface area contributed by atoms with E-state index in [1.165, 1.54) is 33.7 Å². The summed E-state index contributed by atoms with van der Waals surface area (Å²) in [5, 5.41) is 18.2. The van der Waals surface area contributed by atoms with Crippen molar-refractivity contribution in [3.63, 3.8) is 0 Å². The standard InChI is InChI=1S/C22H18F3N5O5S/c1-28-17(20(33)35-27-28)12-29-16(19(32)30(21(29)36)14-5-3-2-4-6-14)11-18(31)26-13-7-9-15(10-8-13)34-22(23,24)25/h2-10,16H,11-12H2,1H3,(H-,26,27,31,33). The maximum absolute atomic E-state index is 13.4. The van der Waals surface area contributed by atoms with Gasteiger partial charge in [0.25, 0.3) is 11.6 Å². The summed E-state index contributed by atoms with van der Waals surface area (Å²) >= 11 is 5.53. The summed E-state index contributed by atoms with van der Waals surface area (Å²) in [6.45, 7) is -0.145. The van der Waals surface area contributed by atoms with E-state index >= 15 is 0 Å². The molecule has 0 spiro atoms. The molecule has 1 fully saturated rings. The normalized spacial score (nSPS) is 15.9. The van der Waals surface area contributed by atoms with E-state index in [4.69, 9.17) is 12.2 Å². The van der Waals surface area contributed by atoms with E-state index in [-0.39, 0.29) is 29.5 Å². The molecule has 1 N–H and O–H groups in total. The van der Waals surface area contributed by atoms with Gasteiger partial charge in [0, 0.05) is 5.69 Å². The van der Waals surface area contributed by atoms with Gasteiger partial charge >= 0.3 is 6.36 Å². The molecule has 10 nitrogen and oxygen atoms in total. The zero-order valence-electron chi connectivity index (χ0n) is 18.6. The Morgan fingerprint density at radius 3 is 2.47 bits per heavy atom. The predicted octanol–water partition coefficient (Wildman–Crippen LogP) is 2.00. The number of nitrogens with zero attached hydrogens (tertiary/aromatic N) is 4. The van der Waals surface area contributed by atoms with Crippen LogP contribution in [0.4, 0.5) is 24.5 Å². The number of hydrogen-bond donors (Lipinski definition) is 1. The lowest BCUT2D eigenvalue weighted by Gasteiger charge is -2.22. The highest BCUT2D eigenvalue weighted by Crippen LogP contribution is 2.29. The second kappa shape index (κ2) is 9.81. The molecule has 0 saturated carbocycles. The maximum atomic E-state index is 13.4. The van der Waals surface area contributed by atoms with Crippen molar-refractivity contribution in [2.24, 2.45) is 7.05 Å². The van der Waals surface area contributed by atoms with Crippen molar-refractivity contribution in [3.05, 3.63) is 60.3 Å². The molecule has 2 heterocycles. The first-order chi connectivity index (χ1) is 17.0. The van der Waals surface area contributed by atoms with Crippen molar-refractivity contribution in [2.45, 2.75) is 25.4 Å². The minimum atomic E-state index is -4.84. The summed E-state index contributed by atoms with van der Waals surface area (Å²) in [4.78, 5) is 28.9. The second-order valence-electron chi connectivity index (χ2n) is 7.69. The fourth-order valence-electron chi connectivity index (χ4n) is 3.62. The summed E-state index contributed by atoms with van der Waals surface area (Å²) in [7, 11) is 1.49. The van der Waals surface area contributed by atoms with Crippen LogP contribution in [0.15, 0.2) is 59.1 Å². The topological polar surface area (TPSA) is 115 Å². The number of nitrogens with one attached hydrogen (secondary N) is 1. The summed E-state index contributed by atoms with van der Waals surface area (Å²) < 4.78 is 46.7. The number of amides is 2. The number of rotatable bonds is 7. The van der Waals surface area contributed by atoms with Gasteiger partial charge in [-0.15, -0.1) is 13.2 Å². The zero-order valence-corrected chi connectivity index (χ0v) is 19.4. The Balaban J connectivity index is 1.54. The molecule has 4 rings (SSSR count). The van der Waals surface area contributed by atoms with Crippen LogP contribution in [0.3, 0.4) is 0 Å². The molecule has 2 aromatic carbocycles. The highest BCUT2D eigenvalue weighted by Gasteiger charge is 2.45. The number of halogens is 3. The smallest absolute Gasteiger partial charge is 0.539 e. The number of aryl methyl sites for hydroxylation is 1. The van der Waals surface area contributed by atoms with Crippen molar-refractivity contribution in [1.82, 2.24) is 10.2 Å². The number of alkyl halides is 3. The SMILES string of the molecule is C[n+]1noc([O-])c1CN1C(=S)N(c2ccccc2)C(=O)C1CC(=O)Nc1ccc(OC(F)(F)F)cc1. The van der Waals surface area contributed by atoms with Crippen LogP contribution in [0, 0.1) is 0 Å². The molecule has 3 aromatic rings. The first kappa shape index (κ1) is 24.9. The van der Waals surface area contributed by atoms with Gasteiger partial charge in [-0.3, -0.25) is 14.5 Å². The molecular weight excluding hydrogens is 503 g/mol. The highest BCUT2D eigenvalue weighted by molar-refractivity contribution is 7.80. The van der Waals surface area contributed by atoms with E-state index < -0.39 is 35.9 Å². The number of ether oxygens (including phenoxy) is 1. The van der Waals surface area contributed by atoms with Gasteiger partial charge in [-0.05, 0) is 48.6 Å². The second-order valence-corrected chi connectivity index (χ2v) is 8.06. The van der Waals surface area contributed by atoms with Crippen molar-refractivity contribution in [2.75, 3.05) is 10.2 Å². The number of para-hydroxylation sites is 1. The molecule has 1 unspecified atom stereocenters. The Kier molecular flexibility index (Phi) is 6.79. The van der Waals surface area contributed by atoms with Crippen LogP contribution in [0.25, 0.3) is 0 Å². The van der Waals surface area contributed by atoms with Crippen LogP contribution in [0.1, 0.15) is 12.1 Å². The lowest BCUT2D eigenvalue weighted by Crippen LogP contribution is -2.42. The van der Waals surface area contributed by atoms with Crippen LogP contribution >= 0.6 is 12.2 Å². The van der Waals surface area contributed by atoms with E-state index in [9.17, 15) is 27.9 Å². The number of carbonyl (C=O) groups excluding carboxylic acids is 2. The molecule has 0 aliphatic carbocycles. The third-order valence-corrected chi connectivity index (χ3v) is 5.69. The van der Waals surface area contributed by atoms with Gasteiger partial charge in [0.2, 0.25) is 5.91 Å². The first-order valence-corrected chi connectivity index (χ1v) is 10.8. The van der Waals surface area contributed by atoms with Gasteiger partial charge in [-0.1, -0.05) is 22.9 Å². The number of hydrogen-bond acceptors (Lipinski definition) is 7. The van der Waals surface area contributed by atoms with Crippen molar-refractivity contribution >= 4 is 40.5 Å². The number of carbonyl (C=O) groups is 2. The molecular formula is C22H18F3N5O5S. The van der Waals surface area contributed by atoms with Crippen molar-refractivity contribution < 1.29 is 41.8 Å². The third kappa shape index (κ3) is 5.38. The zero-order chi connectivity index (χ0) is 26.0. The van der Waals surface area contributed by atoms with Crippen LogP contribution < -0.4 is 24.7 Å². The molecule has 188 valence electrons. The average Bonchev–Trinajstić information content (AvgIpc) is 3.25. The molecule has 2 amide bonds. The highest BCUT2D eigenvalue weighted by atomic mass is 32.1. The molecule has 0 radical (unpaired) electrons. The van der Waals surface area contributed by atoms with Gasteiger partial charge in [0.05, 0.1) is 17.4 Å². The number of thiocarbonyl (C=S) groups is 1. The van der Waals surface area contributed by atoms with E-state index in [2.05, 4.69) is 19.8 Å². The lowest BCUT2D eigenvalue weighted by molar-refractivity contribution is -0.746. The molecule has 1 aliphatic heterocycles. The summed E-state index contributed by atoms with van der Waals surface area (Å²) in [6, 6.07) is 12.0. The molecule has 1 saturated heterocycles. The van der Waals surface area contributed by atoms with Gasteiger partial charge in [-0.2, -0.15) is 0 Å². The minimum Gasteiger partial charge on any atom is -0.539 e. The van der Waals surface area contributed by atoms with E-state index in [1.807, 2.05) is 0 Å². The first-order valence-electron chi connectivity index (χ1n) is 10.4. The summed E-state index contributed by atoms with van der Waals surface area (Å²) in [6.07, 6.45) is -5.20. The van der Waals surface area contributed by atoms with Crippen molar-refractivity contribution in [3.8, 4) is 11.7 Å². The molecule has 1 aromatic heterocycles. The van der Waals surface area contributed by atoms with E-state index in [0.717, 1.165) is 12.1 Å². The Labute approximate surface area is 207 Å².